The molecule has 0 saturated heterocycles. The molecule has 0 aromatic carbocycles. The smallest absolute Gasteiger partial charge is 0.140 e. The molecule has 1 heterocycles. The molecule has 0 amide bonds. The van der Waals surface area contributed by atoms with E-state index in [9.17, 15) is 0 Å². The highest BCUT2D eigenvalue weighted by atomic mass is 14.7. The first-order valence-corrected chi connectivity index (χ1v) is 3.15. The van der Waals surface area contributed by atoms with Crippen LogP contribution in [0.3, 0.4) is 0 Å². The van der Waals surface area contributed by atoms with Gasteiger partial charge in [-0.1, -0.05) is 19.1 Å². The van der Waals surface area contributed by atoms with Gasteiger partial charge in [0.25, 0.3) is 0 Å². The number of nitriles is 1. The van der Waals surface area contributed by atoms with Crippen molar-refractivity contribution in [3.63, 3.8) is 0 Å². The molecule has 1 atom stereocenters. The Kier molecular flexibility index (Phi) is 2.01. The van der Waals surface area contributed by atoms with E-state index in [1.807, 2.05) is 25.1 Å². The van der Waals surface area contributed by atoms with E-state index in [-0.39, 0.29) is 0 Å². The number of hydrogen-bond donors (Lipinski definition) is 0. The molecule has 0 aromatic rings. The van der Waals surface area contributed by atoms with E-state index in [4.69, 9.17) is 5.26 Å². The number of rotatable bonds is 0. The largest absolute Gasteiger partial charge is 0.246 e. The number of nitrogens with zero attached hydrogens (tertiary/aromatic N) is 2. The third kappa shape index (κ3) is 1.56. The SMILES string of the molecule is CC1C=CN=C(C#N)C=C1. The number of aliphatic imine (C=N–C) groups is 1. The summed E-state index contributed by atoms with van der Waals surface area (Å²) in [4.78, 5) is 3.88. The third-order valence-corrected chi connectivity index (χ3v) is 1.28. The molecule has 1 aliphatic heterocycles. The van der Waals surface area contributed by atoms with Crippen LogP contribution in [0.25, 0.3) is 0 Å². The molecule has 0 saturated carbocycles. The molecule has 0 aliphatic carbocycles. The van der Waals surface area contributed by atoms with Crippen molar-refractivity contribution in [2.24, 2.45) is 10.9 Å². The van der Waals surface area contributed by atoms with Gasteiger partial charge in [-0.25, -0.2) is 4.99 Å². The van der Waals surface area contributed by atoms with Crippen LogP contribution in [0.15, 0.2) is 29.4 Å². The topological polar surface area (TPSA) is 36.1 Å². The number of allylic oxidation sites excluding steroid dienone is 3. The van der Waals surface area contributed by atoms with Gasteiger partial charge in [-0.05, 0) is 12.0 Å². The fourth-order valence-corrected chi connectivity index (χ4v) is 0.675. The van der Waals surface area contributed by atoms with E-state index in [2.05, 4.69) is 4.99 Å². The van der Waals surface area contributed by atoms with Crippen LogP contribution in [0.1, 0.15) is 6.92 Å². The summed E-state index contributed by atoms with van der Waals surface area (Å²) >= 11 is 0. The summed E-state index contributed by atoms with van der Waals surface area (Å²) in [5.74, 6) is 0.384. The summed E-state index contributed by atoms with van der Waals surface area (Å²) in [6.45, 7) is 2.04. The highest BCUT2D eigenvalue weighted by Crippen LogP contribution is 2.03. The summed E-state index contributed by atoms with van der Waals surface area (Å²) in [6.07, 6.45) is 7.31. The normalized spacial score (nSPS) is 23.2. The average molecular weight is 132 g/mol. The lowest BCUT2D eigenvalue weighted by molar-refractivity contribution is 0.940. The van der Waals surface area contributed by atoms with Gasteiger partial charge in [0.15, 0.2) is 0 Å². The molecule has 10 heavy (non-hydrogen) atoms. The van der Waals surface area contributed by atoms with Crippen LogP contribution in [0, 0.1) is 17.2 Å². The summed E-state index contributed by atoms with van der Waals surface area (Å²) < 4.78 is 0. The van der Waals surface area contributed by atoms with Gasteiger partial charge in [0.05, 0.1) is 0 Å². The van der Waals surface area contributed by atoms with Crippen molar-refractivity contribution in [3.8, 4) is 6.07 Å². The lowest BCUT2D eigenvalue weighted by Crippen LogP contribution is -1.85. The molecular formula is C8H8N2. The van der Waals surface area contributed by atoms with Crippen molar-refractivity contribution in [2.45, 2.75) is 6.92 Å². The minimum atomic E-state index is 0.384. The van der Waals surface area contributed by atoms with E-state index in [0.717, 1.165) is 0 Å². The van der Waals surface area contributed by atoms with Crippen molar-refractivity contribution in [1.29, 1.82) is 5.26 Å². The van der Waals surface area contributed by atoms with Gasteiger partial charge in [-0.15, -0.1) is 0 Å². The van der Waals surface area contributed by atoms with Crippen LogP contribution in [-0.2, 0) is 0 Å². The van der Waals surface area contributed by atoms with Gasteiger partial charge in [-0.2, -0.15) is 5.26 Å². The van der Waals surface area contributed by atoms with Gasteiger partial charge < -0.3 is 0 Å². The fraction of sp³-hybridized carbons (Fsp3) is 0.250. The number of hydrogen-bond acceptors (Lipinski definition) is 2. The Balaban J connectivity index is 2.83. The van der Waals surface area contributed by atoms with Gasteiger partial charge >= 0.3 is 0 Å². The van der Waals surface area contributed by atoms with Gasteiger partial charge in [0, 0.05) is 6.20 Å². The summed E-state index contributed by atoms with van der Waals surface area (Å²) in [7, 11) is 0. The zero-order chi connectivity index (χ0) is 7.40. The van der Waals surface area contributed by atoms with E-state index < -0.39 is 0 Å². The highest BCUT2D eigenvalue weighted by molar-refractivity contribution is 6.07. The molecule has 0 N–H and O–H groups in total. The van der Waals surface area contributed by atoms with Crippen molar-refractivity contribution < 1.29 is 0 Å². The molecule has 1 unspecified atom stereocenters. The first kappa shape index (κ1) is 6.76. The molecule has 0 bridgehead atoms. The fourth-order valence-electron chi connectivity index (χ4n) is 0.675. The molecule has 2 heteroatoms. The Morgan fingerprint density at radius 2 is 2.40 bits per heavy atom. The van der Waals surface area contributed by atoms with E-state index >= 15 is 0 Å². The van der Waals surface area contributed by atoms with Crippen molar-refractivity contribution in [2.75, 3.05) is 0 Å². The second-order valence-electron chi connectivity index (χ2n) is 2.19. The summed E-state index contributed by atoms with van der Waals surface area (Å²) in [5, 5.41) is 8.44. The zero-order valence-corrected chi connectivity index (χ0v) is 5.78. The Morgan fingerprint density at radius 3 is 3.10 bits per heavy atom. The predicted octanol–water partition coefficient (Wildman–Crippen LogP) is 1.67. The zero-order valence-electron chi connectivity index (χ0n) is 5.78. The molecule has 1 aliphatic rings. The maximum absolute atomic E-state index is 8.44. The minimum Gasteiger partial charge on any atom is -0.246 e. The van der Waals surface area contributed by atoms with Crippen LogP contribution in [0.4, 0.5) is 0 Å². The van der Waals surface area contributed by atoms with Gasteiger partial charge in [0.1, 0.15) is 11.8 Å². The molecule has 50 valence electrons. The lowest BCUT2D eigenvalue weighted by atomic mass is 10.1. The van der Waals surface area contributed by atoms with Crippen LogP contribution >= 0.6 is 0 Å². The molecular weight excluding hydrogens is 124 g/mol. The van der Waals surface area contributed by atoms with E-state index in [1.165, 1.54) is 0 Å². The van der Waals surface area contributed by atoms with Gasteiger partial charge in [-0.3, -0.25) is 0 Å². The summed E-state index contributed by atoms with van der Waals surface area (Å²) in [5.41, 5.74) is 0.473. The van der Waals surface area contributed by atoms with Crippen molar-refractivity contribution >= 4 is 5.71 Å². The summed E-state index contributed by atoms with van der Waals surface area (Å²) in [6, 6.07) is 1.98. The first-order valence-electron chi connectivity index (χ1n) is 3.15. The van der Waals surface area contributed by atoms with Crippen molar-refractivity contribution in [1.82, 2.24) is 0 Å². The minimum absolute atomic E-state index is 0.384. The molecule has 0 fully saturated rings. The second-order valence-corrected chi connectivity index (χ2v) is 2.19. The van der Waals surface area contributed by atoms with Crippen LogP contribution in [0.5, 0.6) is 0 Å². The highest BCUT2D eigenvalue weighted by Gasteiger charge is 1.95. The maximum atomic E-state index is 8.44. The molecule has 0 aromatic heterocycles. The average Bonchev–Trinajstić information content (AvgIpc) is 2.14. The van der Waals surface area contributed by atoms with Crippen LogP contribution in [-0.4, -0.2) is 5.71 Å². The molecule has 0 radical (unpaired) electrons. The maximum Gasteiger partial charge on any atom is 0.140 e. The third-order valence-electron chi connectivity index (χ3n) is 1.28. The first-order chi connectivity index (χ1) is 4.83. The monoisotopic (exact) mass is 132 g/mol. The second kappa shape index (κ2) is 2.98. The quantitative estimate of drug-likeness (QED) is 0.494. The lowest BCUT2D eigenvalue weighted by Gasteiger charge is -1.90. The van der Waals surface area contributed by atoms with Gasteiger partial charge in [0.2, 0.25) is 0 Å². The Labute approximate surface area is 60.2 Å². The van der Waals surface area contributed by atoms with Crippen molar-refractivity contribution in [3.05, 3.63) is 24.4 Å². The Bertz CT molecular complexity index is 240. The Hall–Kier alpha value is -1.36. The predicted molar refractivity (Wildman–Crippen MR) is 40.5 cm³/mol. The van der Waals surface area contributed by atoms with E-state index in [0.29, 0.717) is 11.6 Å². The molecule has 0 spiro atoms. The van der Waals surface area contributed by atoms with Crippen LogP contribution in [0.2, 0.25) is 0 Å². The standard InChI is InChI=1S/C8H8N2/c1-7-2-3-8(6-9)10-5-4-7/h2-5,7H,1H3. The van der Waals surface area contributed by atoms with E-state index in [1.54, 1.807) is 12.3 Å². The van der Waals surface area contributed by atoms with Crippen LogP contribution < -0.4 is 0 Å². The molecule has 1 rings (SSSR count). The Morgan fingerprint density at radius 1 is 1.60 bits per heavy atom. The molecule has 2 nitrogen and oxygen atoms in total.